The van der Waals surface area contributed by atoms with E-state index in [0.717, 1.165) is 23.1 Å². The maximum atomic E-state index is 6.19. The van der Waals surface area contributed by atoms with Crippen LogP contribution in [0.25, 0.3) is 0 Å². The second-order valence-corrected chi connectivity index (χ2v) is 5.59. The minimum atomic E-state index is 0.202. The third-order valence-electron chi connectivity index (χ3n) is 3.13. The van der Waals surface area contributed by atoms with Gasteiger partial charge in [0, 0.05) is 10.5 Å². The predicted molar refractivity (Wildman–Crippen MR) is 76.4 cm³/mol. The molecule has 0 aromatic heterocycles. The van der Waals surface area contributed by atoms with Gasteiger partial charge in [-0.2, -0.15) is 0 Å². The molecule has 2 nitrogen and oxygen atoms in total. The quantitative estimate of drug-likeness (QED) is 0.868. The highest BCUT2D eigenvalue weighted by atomic mass is 79.9. The molecule has 0 saturated heterocycles. The molecule has 0 bridgehead atoms. The van der Waals surface area contributed by atoms with Gasteiger partial charge in [-0.25, -0.2) is 0 Å². The van der Waals surface area contributed by atoms with Gasteiger partial charge < -0.3 is 10.5 Å². The lowest BCUT2D eigenvalue weighted by molar-refractivity contribution is 0.402. The second-order valence-electron chi connectivity index (χ2n) is 4.67. The highest BCUT2D eigenvalue weighted by molar-refractivity contribution is 9.10. The zero-order chi connectivity index (χ0) is 12.8. The van der Waals surface area contributed by atoms with Crippen LogP contribution in [0.2, 0.25) is 0 Å². The number of hydrogen-bond acceptors (Lipinski definition) is 2. The van der Waals surface area contributed by atoms with Crippen LogP contribution < -0.4 is 10.5 Å². The van der Waals surface area contributed by atoms with Crippen molar-refractivity contribution in [2.24, 2.45) is 11.7 Å². The molecule has 0 amide bonds. The van der Waals surface area contributed by atoms with E-state index >= 15 is 0 Å². The number of halogens is 1. The standard InChI is InChI=1S/C14H22BrNO/c1-4-10(2)7-13(16)9-11-8-12(15)5-6-14(11)17-3/h5-6,8,10,13H,4,7,9,16H2,1-3H3. The number of benzene rings is 1. The fourth-order valence-electron chi connectivity index (χ4n) is 1.96. The van der Waals surface area contributed by atoms with Gasteiger partial charge in [0.15, 0.2) is 0 Å². The maximum Gasteiger partial charge on any atom is 0.122 e. The summed E-state index contributed by atoms with van der Waals surface area (Å²) in [6, 6.07) is 6.26. The van der Waals surface area contributed by atoms with Crippen LogP contribution in [0.1, 0.15) is 32.3 Å². The number of nitrogens with two attached hydrogens (primary N) is 1. The molecule has 3 heteroatoms. The lowest BCUT2D eigenvalue weighted by Gasteiger charge is -2.17. The first-order valence-electron chi connectivity index (χ1n) is 6.14. The Morgan fingerprint density at radius 3 is 2.71 bits per heavy atom. The van der Waals surface area contributed by atoms with Crippen molar-refractivity contribution in [1.29, 1.82) is 0 Å². The molecule has 0 aliphatic rings. The van der Waals surface area contributed by atoms with Crippen molar-refractivity contribution in [3.8, 4) is 5.75 Å². The molecule has 0 radical (unpaired) electrons. The average molecular weight is 300 g/mol. The summed E-state index contributed by atoms with van der Waals surface area (Å²) in [6.45, 7) is 4.45. The van der Waals surface area contributed by atoms with E-state index in [1.165, 1.54) is 12.0 Å². The molecule has 2 atom stereocenters. The number of methoxy groups -OCH3 is 1. The minimum Gasteiger partial charge on any atom is -0.496 e. The zero-order valence-electron chi connectivity index (χ0n) is 10.9. The molecule has 0 fully saturated rings. The Morgan fingerprint density at radius 1 is 1.41 bits per heavy atom. The Bertz CT molecular complexity index is 354. The molecule has 17 heavy (non-hydrogen) atoms. The maximum absolute atomic E-state index is 6.19. The summed E-state index contributed by atoms with van der Waals surface area (Å²) in [5.41, 5.74) is 7.36. The first kappa shape index (κ1) is 14.5. The van der Waals surface area contributed by atoms with Gasteiger partial charge >= 0.3 is 0 Å². The van der Waals surface area contributed by atoms with E-state index in [-0.39, 0.29) is 6.04 Å². The smallest absolute Gasteiger partial charge is 0.122 e. The molecule has 1 rings (SSSR count). The van der Waals surface area contributed by atoms with Gasteiger partial charge in [0.05, 0.1) is 7.11 Å². The summed E-state index contributed by atoms with van der Waals surface area (Å²) in [5.74, 6) is 1.61. The summed E-state index contributed by atoms with van der Waals surface area (Å²) in [4.78, 5) is 0. The Labute approximate surface area is 113 Å². The molecule has 96 valence electrons. The van der Waals surface area contributed by atoms with Gasteiger partial charge in [-0.05, 0) is 42.5 Å². The molecule has 1 aromatic carbocycles. The van der Waals surface area contributed by atoms with E-state index < -0.39 is 0 Å². The van der Waals surface area contributed by atoms with E-state index in [4.69, 9.17) is 10.5 Å². The van der Waals surface area contributed by atoms with Crippen LogP contribution in [-0.2, 0) is 6.42 Å². The van der Waals surface area contributed by atoms with Crippen molar-refractivity contribution in [1.82, 2.24) is 0 Å². The Hall–Kier alpha value is -0.540. The van der Waals surface area contributed by atoms with Crippen LogP contribution in [0.15, 0.2) is 22.7 Å². The van der Waals surface area contributed by atoms with Crippen LogP contribution in [-0.4, -0.2) is 13.2 Å². The molecular weight excluding hydrogens is 278 g/mol. The topological polar surface area (TPSA) is 35.2 Å². The van der Waals surface area contributed by atoms with Crippen LogP contribution in [0.3, 0.4) is 0 Å². The van der Waals surface area contributed by atoms with Gasteiger partial charge in [-0.3, -0.25) is 0 Å². The van der Waals surface area contributed by atoms with Crippen LogP contribution in [0, 0.1) is 5.92 Å². The van der Waals surface area contributed by atoms with Crippen molar-refractivity contribution in [3.63, 3.8) is 0 Å². The molecule has 0 aliphatic heterocycles. The van der Waals surface area contributed by atoms with Crippen molar-refractivity contribution in [2.75, 3.05) is 7.11 Å². The summed E-state index contributed by atoms with van der Waals surface area (Å²) < 4.78 is 6.43. The highest BCUT2D eigenvalue weighted by Crippen LogP contribution is 2.25. The van der Waals surface area contributed by atoms with Crippen molar-refractivity contribution < 1.29 is 4.74 Å². The number of ether oxygens (including phenoxy) is 1. The Kier molecular flexibility index (Phi) is 6.00. The van der Waals surface area contributed by atoms with Gasteiger partial charge in [-0.1, -0.05) is 36.2 Å². The van der Waals surface area contributed by atoms with Crippen molar-refractivity contribution in [2.45, 2.75) is 39.2 Å². The van der Waals surface area contributed by atoms with Crippen LogP contribution >= 0.6 is 15.9 Å². The predicted octanol–water partition coefficient (Wildman–Crippen LogP) is 3.76. The first-order chi connectivity index (χ1) is 8.06. The van der Waals surface area contributed by atoms with Crippen molar-refractivity contribution in [3.05, 3.63) is 28.2 Å². The molecule has 2 N–H and O–H groups in total. The third kappa shape index (κ3) is 4.68. The normalized spacial score (nSPS) is 14.4. The first-order valence-corrected chi connectivity index (χ1v) is 6.94. The van der Waals surface area contributed by atoms with E-state index in [2.05, 4.69) is 35.8 Å². The fraction of sp³-hybridized carbons (Fsp3) is 0.571. The van der Waals surface area contributed by atoms with Gasteiger partial charge in [-0.15, -0.1) is 0 Å². The monoisotopic (exact) mass is 299 g/mol. The van der Waals surface area contributed by atoms with Crippen LogP contribution in [0.5, 0.6) is 5.75 Å². The summed E-state index contributed by atoms with van der Waals surface area (Å²) in [7, 11) is 1.70. The van der Waals surface area contributed by atoms with E-state index in [9.17, 15) is 0 Å². The molecule has 1 aromatic rings. The summed E-state index contributed by atoms with van der Waals surface area (Å²) in [6.07, 6.45) is 3.11. The molecule has 0 aliphatic carbocycles. The average Bonchev–Trinajstić information content (AvgIpc) is 2.29. The summed E-state index contributed by atoms with van der Waals surface area (Å²) >= 11 is 3.48. The largest absolute Gasteiger partial charge is 0.496 e. The molecule has 0 saturated carbocycles. The van der Waals surface area contributed by atoms with Gasteiger partial charge in [0.1, 0.15) is 5.75 Å². The van der Waals surface area contributed by atoms with E-state index in [1.807, 2.05) is 12.1 Å². The zero-order valence-corrected chi connectivity index (χ0v) is 12.5. The molecular formula is C14H22BrNO. The van der Waals surface area contributed by atoms with E-state index in [1.54, 1.807) is 7.11 Å². The fourth-order valence-corrected chi connectivity index (χ4v) is 2.36. The Balaban J connectivity index is 2.69. The number of rotatable bonds is 6. The van der Waals surface area contributed by atoms with Gasteiger partial charge in [0.25, 0.3) is 0 Å². The lowest BCUT2D eigenvalue weighted by atomic mass is 9.95. The second kappa shape index (κ2) is 7.02. The molecule has 0 spiro atoms. The minimum absolute atomic E-state index is 0.202. The number of hydrogen-bond donors (Lipinski definition) is 1. The molecule has 0 heterocycles. The van der Waals surface area contributed by atoms with E-state index in [0.29, 0.717) is 5.92 Å². The molecule has 2 unspecified atom stereocenters. The van der Waals surface area contributed by atoms with Crippen molar-refractivity contribution >= 4 is 15.9 Å². The van der Waals surface area contributed by atoms with Crippen LogP contribution in [0.4, 0.5) is 0 Å². The third-order valence-corrected chi connectivity index (χ3v) is 3.62. The Morgan fingerprint density at radius 2 is 2.12 bits per heavy atom. The van der Waals surface area contributed by atoms with Gasteiger partial charge in [0.2, 0.25) is 0 Å². The lowest BCUT2D eigenvalue weighted by Crippen LogP contribution is -2.25. The highest BCUT2D eigenvalue weighted by Gasteiger charge is 2.12. The SMILES string of the molecule is CCC(C)CC(N)Cc1cc(Br)ccc1OC. The summed E-state index contributed by atoms with van der Waals surface area (Å²) in [5, 5.41) is 0.